The van der Waals surface area contributed by atoms with Crippen molar-refractivity contribution in [3.05, 3.63) is 77.2 Å². The van der Waals surface area contributed by atoms with Crippen LogP contribution in [0.2, 0.25) is 0 Å². The van der Waals surface area contributed by atoms with E-state index in [-0.39, 0.29) is 17.4 Å². The van der Waals surface area contributed by atoms with Gasteiger partial charge < -0.3 is 9.08 Å². The maximum atomic E-state index is 14.7. The van der Waals surface area contributed by atoms with E-state index in [9.17, 15) is 9.00 Å². The monoisotopic (exact) mass is 845 g/mol. The molecule has 4 aromatic rings. The number of fused-ring (bicyclic) bond motifs is 1. The molecule has 2 aromatic carbocycles. The molecule has 2 unspecified atom stereocenters. The number of hydrogen-bond acceptors (Lipinski definition) is 5. The van der Waals surface area contributed by atoms with Crippen LogP contribution in [0.3, 0.4) is 0 Å². The van der Waals surface area contributed by atoms with E-state index >= 15 is 0 Å². The summed E-state index contributed by atoms with van der Waals surface area (Å²) >= 11 is -1.80. The Morgan fingerprint density at radius 2 is 1.25 bits per heavy atom. The van der Waals surface area contributed by atoms with E-state index < -0.39 is 11.3 Å². The molecule has 0 fully saturated rings. The van der Waals surface area contributed by atoms with Gasteiger partial charge in [0, 0.05) is 35.0 Å². The van der Waals surface area contributed by atoms with E-state index in [2.05, 4.69) is 79.6 Å². The molecule has 0 spiro atoms. The number of rotatable bonds is 32. The number of nitrogens with zero attached hydrogens (tertiary/aromatic N) is 4. The molecule has 10 heteroatoms. The largest absolute Gasteiger partial charge is 0.385 e. The highest BCUT2D eigenvalue weighted by molar-refractivity contribution is 7.81. The smallest absolute Gasteiger partial charge is 0.316 e. The maximum absolute atomic E-state index is 14.7. The third-order valence-electron chi connectivity index (χ3n) is 11.8. The third kappa shape index (κ3) is 17.0. The first kappa shape index (κ1) is 49.0. The molecule has 4 rings (SSSR count). The van der Waals surface area contributed by atoms with E-state index in [1.165, 1.54) is 121 Å². The van der Waals surface area contributed by atoms with Gasteiger partial charge in [-0.05, 0) is 67.6 Å². The molecular formula is C50H80N6O3S. The number of benzene rings is 2. The molecule has 2 atom stereocenters. The average molecular weight is 845 g/mol. The van der Waals surface area contributed by atoms with Crippen LogP contribution in [0, 0.1) is 0 Å². The molecule has 0 bridgehead atoms. The molecule has 2 N–H and O–H groups in total. The summed E-state index contributed by atoms with van der Waals surface area (Å²) < 4.78 is 23.7. The van der Waals surface area contributed by atoms with Gasteiger partial charge in [-0.15, -0.1) is 10.2 Å². The Morgan fingerprint density at radius 1 is 0.717 bits per heavy atom. The molecule has 2 aromatic heterocycles. The number of amides is 1. The average Bonchev–Trinajstić information content (AvgIpc) is 3.85. The first-order valence-electron chi connectivity index (χ1n) is 24.0. The van der Waals surface area contributed by atoms with Crippen LogP contribution in [-0.4, -0.2) is 41.4 Å². The minimum Gasteiger partial charge on any atom is -0.385 e. The summed E-state index contributed by atoms with van der Waals surface area (Å²) in [5, 5.41) is 13.0. The van der Waals surface area contributed by atoms with E-state index in [0.717, 1.165) is 55.7 Å². The van der Waals surface area contributed by atoms with Crippen molar-refractivity contribution in [3.63, 3.8) is 0 Å². The van der Waals surface area contributed by atoms with Gasteiger partial charge in [0.15, 0.2) is 11.5 Å². The van der Waals surface area contributed by atoms with Crippen LogP contribution < -0.4 is 8.91 Å². The second kappa shape index (κ2) is 27.3. The summed E-state index contributed by atoms with van der Waals surface area (Å²) in [7, 11) is 0. The van der Waals surface area contributed by atoms with Crippen molar-refractivity contribution in [3.8, 4) is 5.75 Å². The van der Waals surface area contributed by atoms with Gasteiger partial charge in [0.1, 0.15) is 5.75 Å². The van der Waals surface area contributed by atoms with Crippen LogP contribution in [-0.2, 0) is 23.1 Å². The second-order valence-corrected chi connectivity index (χ2v) is 18.9. The number of carbonyl (C=O) groups is 1. The second-order valence-electron chi connectivity index (χ2n) is 18.1. The summed E-state index contributed by atoms with van der Waals surface area (Å²) in [6.45, 7) is 14.0. The molecule has 0 aliphatic rings. The van der Waals surface area contributed by atoms with Crippen molar-refractivity contribution in [1.82, 2.24) is 24.7 Å². The third-order valence-corrected chi connectivity index (χ3v) is 12.5. The SMILES string of the molecule is CCCCCCCCCCCCC(c1nnc2cc(C(C)(C)C)[nH]n12)N(CCCCCCCC)C(=O)c1ccc(NS(=O)Oc2ccc(CCCCCCCC)cc2)cc1. The van der Waals surface area contributed by atoms with Crippen LogP contribution in [0.5, 0.6) is 5.75 Å². The molecule has 0 saturated heterocycles. The number of hydrogen-bond donors (Lipinski definition) is 2. The van der Waals surface area contributed by atoms with Crippen LogP contribution in [0.25, 0.3) is 5.65 Å². The fraction of sp³-hybridized carbons (Fsp3) is 0.660. The van der Waals surface area contributed by atoms with Crippen molar-refractivity contribution >= 4 is 28.5 Å². The summed E-state index contributed by atoms with van der Waals surface area (Å²) in [5.41, 5.74) is 4.27. The van der Waals surface area contributed by atoms with Gasteiger partial charge in [-0.25, -0.2) is 4.52 Å². The van der Waals surface area contributed by atoms with Crippen molar-refractivity contribution in [1.29, 1.82) is 0 Å². The first-order chi connectivity index (χ1) is 29.1. The van der Waals surface area contributed by atoms with E-state index in [4.69, 9.17) is 9.28 Å². The zero-order chi connectivity index (χ0) is 43.0. The molecule has 334 valence electrons. The molecule has 0 saturated carbocycles. The number of H-pyrrole nitrogens is 1. The van der Waals surface area contributed by atoms with Crippen LogP contribution in [0.4, 0.5) is 5.69 Å². The number of nitrogens with one attached hydrogen (secondary N) is 2. The minimum atomic E-state index is -1.80. The Labute approximate surface area is 366 Å². The Bertz CT molecular complexity index is 1780. The van der Waals surface area contributed by atoms with E-state index in [0.29, 0.717) is 23.5 Å². The first-order valence-corrected chi connectivity index (χ1v) is 25.0. The van der Waals surface area contributed by atoms with Gasteiger partial charge in [0.25, 0.3) is 5.91 Å². The van der Waals surface area contributed by atoms with Crippen molar-refractivity contribution in [2.75, 3.05) is 11.3 Å². The quantitative estimate of drug-likeness (QED) is 0.0476. The number of carbonyl (C=O) groups excluding carboxylic acids is 1. The van der Waals surface area contributed by atoms with Crippen molar-refractivity contribution < 1.29 is 13.2 Å². The van der Waals surface area contributed by atoms with Gasteiger partial charge in [0.05, 0.1) is 6.04 Å². The molecule has 60 heavy (non-hydrogen) atoms. The molecule has 9 nitrogen and oxygen atoms in total. The van der Waals surface area contributed by atoms with Crippen LogP contribution in [0.15, 0.2) is 54.6 Å². The summed E-state index contributed by atoms with van der Waals surface area (Å²) in [6, 6.07) is 17.0. The molecular weight excluding hydrogens is 765 g/mol. The molecule has 0 radical (unpaired) electrons. The molecule has 2 heterocycles. The number of aromatic amines is 1. The maximum Gasteiger partial charge on any atom is 0.316 e. The lowest BCUT2D eigenvalue weighted by Gasteiger charge is -2.31. The Hall–Kier alpha value is -3.66. The van der Waals surface area contributed by atoms with Crippen LogP contribution in [0.1, 0.15) is 223 Å². The highest BCUT2D eigenvalue weighted by Crippen LogP contribution is 2.31. The van der Waals surface area contributed by atoms with Gasteiger partial charge in [-0.3, -0.25) is 14.6 Å². The van der Waals surface area contributed by atoms with Gasteiger partial charge in [-0.1, -0.05) is 182 Å². The summed E-state index contributed by atoms with van der Waals surface area (Å²) in [5.74, 6) is 1.32. The number of unbranched alkanes of at least 4 members (excludes halogenated alkanes) is 19. The highest BCUT2D eigenvalue weighted by atomic mass is 32.2. The van der Waals surface area contributed by atoms with Crippen LogP contribution >= 0.6 is 0 Å². The molecule has 1 amide bonds. The Morgan fingerprint density at radius 3 is 1.82 bits per heavy atom. The summed E-state index contributed by atoms with van der Waals surface area (Å²) in [6.07, 6.45) is 28.9. The Kier molecular flexibility index (Phi) is 22.3. The zero-order valence-electron chi connectivity index (χ0n) is 38.4. The predicted octanol–water partition coefficient (Wildman–Crippen LogP) is 14.2. The lowest BCUT2D eigenvalue weighted by atomic mass is 9.93. The number of aryl methyl sites for hydroxylation is 1. The standard InChI is InChI=1S/C50H80N6O3S/c1-7-10-13-16-19-20-21-22-24-27-30-45(48-52-51-47-40-46(50(4,5)6)53-56(47)48)55(39-28-25-18-15-12-9-3)49(57)42-33-35-43(36-34-42)54-60(58)59-44-37-31-41(32-38-44)29-26-23-17-14-11-8-2/h31-38,40,45,53-54H,7-30,39H2,1-6H3. The number of anilines is 1. The van der Waals surface area contributed by atoms with Gasteiger partial charge in [-0.2, -0.15) is 4.21 Å². The fourth-order valence-corrected chi connectivity index (χ4v) is 8.64. The lowest BCUT2D eigenvalue weighted by molar-refractivity contribution is 0.0646. The zero-order valence-corrected chi connectivity index (χ0v) is 39.2. The minimum absolute atomic E-state index is 0.0232. The fourth-order valence-electron chi connectivity index (χ4n) is 7.98. The summed E-state index contributed by atoms with van der Waals surface area (Å²) in [4.78, 5) is 16.8. The van der Waals surface area contributed by atoms with Crippen molar-refractivity contribution in [2.24, 2.45) is 0 Å². The van der Waals surface area contributed by atoms with Crippen molar-refractivity contribution in [2.45, 2.75) is 207 Å². The predicted molar refractivity (Wildman–Crippen MR) is 252 cm³/mol. The Balaban J connectivity index is 1.45. The van der Waals surface area contributed by atoms with E-state index in [1.54, 1.807) is 0 Å². The van der Waals surface area contributed by atoms with Gasteiger partial charge >= 0.3 is 11.3 Å². The lowest BCUT2D eigenvalue weighted by Crippen LogP contribution is -2.37. The molecule has 0 aliphatic heterocycles. The van der Waals surface area contributed by atoms with Gasteiger partial charge in [0.2, 0.25) is 0 Å². The highest BCUT2D eigenvalue weighted by Gasteiger charge is 2.31. The topological polar surface area (TPSA) is 105 Å². The molecule has 0 aliphatic carbocycles. The van der Waals surface area contributed by atoms with E-state index in [1.807, 2.05) is 40.9 Å². The normalized spacial score (nSPS) is 12.8. The number of aromatic nitrogens is 4.